The summed E-state index contributed by atoms with van der Waals surface area (Å²) in [6.07, 6.45) is 2.75. The van der Waals surface area contributed by atoms with Crippen LogP contribution in [0.2, 0.25) is 0 Å². The molecular formula is C32H40BN5O2. The molecule has 2 heterocycles. The Balaban J connectivity index is 1.56. The average Bonchev–Trinajstić information content (AvgIpc) is 3.43. The Kier molecular flexibility index (Phi) is 9.43. The first-order chi connectivity index (χ1) is 19.3. The first-order valence-corrected chi connectivity index (χ1v) is 14.1. The number of nitrogens with one attached hydrogen (secondary N) is 4. The van der Waals surface area contributed by atoms with Gasteiger partial charge < -0.3 is 4.90 Å². The number of rotatable bonds is 12. The number of anilines is 1. The van der Waals surface area contributed by atoms with E-state index in [1.54, 1.807) is 0 Å². The molecule has 4 N–H and O–H groups in total. The summed E-state index contributed by atoms with van der Waals surface area (Å²) in [7, 11) is 4.30. The third-order valence-corrected chi connectivity index (χ3v) is 7.71. The Hall–Kier alpha value is -3.91. The Morgan fingerprint density at radius 1 is 1.07 bits per heavy atom. The maximum atomic E-state index is 13.0. The van der Waals surface area contributed by atoms with Gasteiger partial charge in [-0.15, -0.1) is 0 Å². The van der Waals surface area contributed by atoms with Crippen molar-refractivity contribution < 1.29 is 9.59 Å². The summed E-state index contributed by atoms with van der Waals surface area (Å²) in [4.78, 5) is 31.6. The summed E-state index contributed by atoms with van der Waals surface area (Å²) in [6.45, 7) is 13.5. The average molecular weight is 538 g/mol. The first kappa shape index (κ1) is 29.1. The molecule has 208 valence electrons. The van der Waals surface area contributed by atoms with Crippen molar-refractivity contribution in [2.24, 2.45) is 0 Å². The summed E-state index contributed by atoms with van der Waals surface area (Å²) < 4.78 is 0. The molecule has 0 unspecified atom stereocenters. The SMILES string of the molecule is B=C(N[C@H](CC)c1ccccc1)c1ccc2c(c1)/C(=C/c1[nH]c(C)c(C(=O)NCCN(CC)CC)c1C)C(=O)N2. The third kappa shape index (κ3) is 6.28. The van der Waals surface area contributed by atoms with Crippen molar-refractivity contribution in [1.29, 1.82) is 0 Å². The Morgan fingerprint density at radius 3 is 2.48 bits per heavy atom. The molecule has 0 fully saturated rings. The van der Waals surface area contributed by atoms with Crippen LogP contribution in [0.1, 0.15) is 77.2 Å². The zero-order valence-corrected chi connectivity index (χ0v) is 24.3. The second kappa shape index (κ2) is 13.0. The van der Waals surface area contributed by atoms with Crippen LogP contribution in [0.4, 0.5) is 5.69 Å². The van der Waals surface area contributed by atoms with Gasteiger partial charge in [0.25, 0.3) is 0 Å². The molecule has 2 aromatic carbocycles. The maximum absolute atomic E-state index is 13.0. The molecule has 0 aliphatic carbocycles. The van der Waals surface area contributed by atoms with Crippen LogP contribution in [0.5, 0.6) is 0 Å². The second-order valence-corrected chi connectivity index (χ2v) is 10.2. The fourth-order valence-electron chi connectivity index (χ4n) is 5.28. The first-order valence-electron chi connectivity index (χ1n) is 14.1. The molecule has 0 radical (unpaired) electrons. The van der Waals surface area contributed by atoms with Gasteiger partial charge in [0, 0.05) is 6.54 Å². The fourth-order valence-corrected chi connectivity index (χ4v) is 5.28. The molecule has 0 spiro atoms. The molecule has 3 aromatic rings. The van der Waals surface area contributed by atoms with Crippen LogP contribution < -0.4 is 16.0 Å². The normalized spacial score (nSPS) is 14.2. The van der Waals surface area contributed by atoms with E-state index in [-0.39, 0.29) is 17.9 Å². The monoisotopic (exact) mass is 537 g/mol. The molecule has 2 amide bonds. The van der Waals surface area contributed by atoms with Gasteiger partial charge >= 0.3 is 200 Å². The zero-order valence-electron chi connectivity index (χ0n) is 24.3. The molecule has 8 heteroatoms. The Bertz CT molecular complexity index is 1420. The van der Waals surface area contributed by atoms with E-state index >= 15 is 0 Å². The van der Waals surface area contributed by atoms with E-state index in [9.17, 15) is 9.59 Å². The molecule has 0 saturated heterocycles. The minimum atomic E-state index is -0.168. The van der Waals surface area contributed by atoms with E-state index in [0.717, 1.165) is 65.4 Å². The number of hydrogen-bond acceptors (Lipinski definition) is 4. The summed E-state index contributed by atoms with van der Waals surface area (Å²) in [5.74, 6) is -0.272. The molecule has 40 heavy (non-hydrogen) atoms. The van der Waals surface area contributed by atoms with Gasteiger partial charge in [-0.3, -0.25) is 0 Å². The van der Waals surface area contributed by atoms with Gasteiger partial charge in [0.15, 0.2) is 0 Å². The van der Waals surface area contributed by atoms with E-state index in [1.165, 1.54) is 5.56 Å². The van der Waals surface area contributed by atoms with Gasteiger partial charge in [0.2, 0.25) is 0 Å². The number of aromatic amines is 1. The molecule has 0 saturated carbocycles. The van der Waals surface area contributed by atoms with E-state index in [0.29, 0.717) is 17.7 Å². The van der Waals surface area contributed by atoms with Crippen molar-refractivity contribution >= 4 is 42.2 Å². The number of hydrogen-bond donors (Lipinski definition) is 4. The number of fused-ring (bicyclic) bond motifs is 1. The zero-order chi connectivity index (χ0) is 28.8. The number of H-pyrrole nitrogens is 1. The second-order valence-electron chi connectivity index (χ2n) is 10.2. The minimum absolute atomic E-state index is 0.104. The van der Waals surface area contributed by atoms with E-state index in [4.69, 9.17) is 0 Å². The van der Waals surface area contributed by atoms with Crippen LogP contribution >= 0.6 is 0 Å². The molecule has 1 aliphatic heterocycles. The van der Waals surface area contributed by atoms with E-state index < -0.39 is 0 Å². The summed E-state index contributed by atoms with van der Waals surface area (Å²) in [5.41, 5.74) is 8.03. The molecular weight excluding hydrogens is 497 g/mol. The number of carbonyl (C=O) groups excluding carboxylic acids is 2. The van der Waals surface area contributed by atoms with Crippen LogP contribution in [0.25, 0.3) is 11.6 Å². The van der Waals surface area contributed by atoms with E-state index in [1.807, 2.05) is 56.3 Å². The molecule has 4 rings (SSSR count). The number of carbonyl (C=O) groups is 2. The van der Waals surface area contributed by atoms with Crippen molar-refractivity contribution in [2.75, 3.05) is 31.5 Å². The molecule has 1 atom stereocenters. The van der Waals surface area contributed by atoms with Gasteiger partial charge in [0.1, 0.15) is 0 Å². The summed E-state index contributed by atoms with van der Waals surface area (Å²) in [6, 6.07) is 16.3. The quantitative estimate of drug-likeness (QED) is 0.205. The molecule has 1 aliphatic rings. The van der Waals surface area contributed by atoms with Crippen LogP contribution in [0, 0.1) is 13.8 Å². The number of nitrogens with zero attached hydrogens (tertiary/aromatic N) is 1. The van der Waals surface area contributed by atoms with E-state index in [2.05, 4.69) is 66.2 Å². The Morgan fingerprint density at radius 2 is 1.80 bits per heavy atom. The Labute approximate surface area is 238 Å². The van der Waals surface area contributed by atoms with Crippen LogP contribution in [0.15, 0.2) is 48.5 Å². The number of aromatic nitrogens is 1. The number of amides is 2. The number of likely N-dealkylation sites (N-methyl/N-ethyl adjacent to an activating group) is 1. The van der Waals surface area contributed by atoms with Crippen LogP contribution in [0.3, 0.4) is 0 Å². The van der Waals surface area contributed by atoms with Gasteiger partial charge in [-0.2, -0.15) is 0 Å². The van der Waals surface area contributed by atoms with Gasteiger partial charge in [-0.1, -0.05) is 13.8 Å². The predicted molar refractivity (Wildman–Crippen MR) is 167 cm³/mol. The van der Waals surface area contributed by atoms with Crippen LogP contribution in [-0.2, 0) is 4.79 Å². The van der Waals surface area contributed by atoms with Crippen molar-refractivity contribution in [3.63, 3.8) is 0 Å². The summed E-state index contributed by atoms with van der Waals surface area (Å²) in [5, 5.41) is 9.57. The third-order valence-electron chi connectivity index (χ3n) is 7.71. The van der Waals surface area contributed by atoms with Crippen LogP contribution in [-0.4, -0.2) is 61.0 Å². The molecule has 0 bridgehead atoms. The van der Waals surface area contributed by atoms with Crippen molar-refractivity contribution in [3.05, 3.63) is 87.7 Å². The van der Waals surface area contributed by atoms with Crippen molar-refractivity contribution in [2.45, 2.75) is 47.1 Å². The van der Waals surface area contributed by atoms with Gasteiger partial charge in [0.05, 0.1) is 0 Å². The molecule has 7 nitrogen and oxygen atoms in total. The summed E-state index contributed by atoms with van der Waals surface area (Å²) >= 11 is 0. The van der Waals surface area contributed by atoms with Gasteiger partial charge in [-0.05, 0) is 13.1 Å². The standard InChI is InChI=1S/C32H40BN5O2/c1-6-26(22-12-10-9-11-13-22)36-30(33)23-14-15-27-24(18-23)25(31(39)37-27)19-28-20(4)29(21(5)35-28)32(40)34-16-17-38(7-2)8-3/h9-15,18-19,26,33,35-36H,6-8,16-17H2,1-5H3,(H,34,40)(H,37,39)/b25-19-/t26-/m1/s1. The molecule has 1 aromatic heterocycles. The number of benzene rings is 2. The van der Waals surface area contributed by atoms with Crippen molar-refractivity contribution in [1.82, 2.24) is 20.5 Å². The topological polar surface area (TPSA) is 89.3 Å². The van der Waals surface area contributed by atoms with Crippen molar-refractivity contribution in [3.8, 4) is 0 Å². The fraction of sp³-hybridized carbons (Fsp3) is 0.344. The predicted octanol–water partition coefficient (Wildman–Crippen LogP) is 4.32. The van der Waals surface area contributed by atoms with Gasteiger partial charge in [-0.25, -0.2) is 0 Å². The number of aryl methyl sites for hydroxylation is 1.